The summed E-state index contributed by atoms with van der Waals surface area (Å²) in [5, 5.41) is 15.5. The van der Waals surface area contributed by atoms with Crippen LogP contribution in [0.4, 0.5) is 10.9 Å². The van der Waals surface area contributed by atoms with Gasteiger partial charge in [-0.15, -0.1) is 0 Å². The first-order valence-electron chi connectivity index (χ1n) is 12.9. The molecule has 1 aliphatic rings. The molecule has 40 heavy (non-hydrogen) atoms. The van der Waals surface area contributed by atoms with Crippen LogP contribution in [-0.2, 0) is 24.2 Å². The summed E-state index contributed by atoms with van der Waals surface area (Å²) in [6.07, 6.45) is 0.788. The number of thiazole rings is 1. The van der Waals surface area contributed by atoms with Crippen LogP contribution in [0.1, 0.15) is 18.4 Å². The Morgan fingerprint density at radius 2 is 1.95 bits per heavy atom. The van der Waals surface area contributed by atoms with Crippen molar-refractivity contribution in [3.05, 3.63) is 42.0 Å². The Labute approximate surface area is 237 Å². The quantitative estimate of drug-likeness (QED) is 0.172. The van der Waals surface area contributed by atoms with E-state index in [4.69, 9.17) is 14.7 Å². The highest BCUT2D eigenvalue weighted by atomic mass is 32.2. The summed E-state index contributed by atoms with van der Waals surface area (Å²) < 4.78 is 31.0. The number of rotatable bonds is 13. The molecule has 12 nitrogen and oxygen atoms in total. The van der Waals surface area contributed by atoms with Crippen LogP contribution >= 0.6 is 11.3 Å². The average molecular weight is 591 g/mol. The number of benzene rings is 1. The molecular formula is C26H34N6O6S2. The molecule has 2 N–H and O–H groups in total. The molecule has 1 fully saturated rings. The number of nitrogens with zero attached hydrogens (tertiary/aromatic N) is 5. The van der Waals surface area contributed by atoms with E-state index in [9.17, 15) is 13.2 Å². The standard InChI is InChI=1S/C26H34N6O6S2/c1-31(2)12-13-32(3)22-10-9-21-25(28-22)39-26(27-21)29-24(34)23(30-38-15-4-14-33)18-5-7-19(8-6-18)40(35,36)20-11-16-37-17-20/h5-10,20,33H,4,11-17H2,1-3H3,(H,27,29,34)/b30-23+/t20-/m0/s1. The van der Waals surface area contributed by atoms with E-state index in [1.54, 1.807) is 0 Å². The molecule has 0 spiro atoms. The lowest BCUT2D eigenvalue weighted by molar-refractivity contribution is -0.110. The number of aromatic nitrogens is 2. The molecule has 4 rings (SSSR count). The molecule has 3 aromatic rings. The number of nitrogens with one attached hydrogen (secondary N) is 1. The molecule has 1 saturated heterocycles. The number of oxime groups is 1. The number of sulfone groups is 1. The van der Waals surface area contributed by atoms with Crippen LogP contribution in [0.15, 0.2) is 46.4 Å². The van der Waals surface area contributed by atoms with Gasteiger partial charge in [0.25, 0.3) is 5.91 Å². The topological polar surface area (TPSA) is 147 Å². The first kappa shape index (κ1) is 29.8. The van der Waals surface area contributed by atoms with Crippen LogP contribution in [-0.4, -0.2) is 106 Å². The van der Waals surface area contributed by atoms with Crippen molar-refractivity contribution < 1.29 is 27.9 Å². The smallest absolute Gasteiger partial charge is 0.280 e. The Morgan fingerprint density at radius 1 is 1.18 bits per heavy atom. The predicted octanol–water partition coefficient (Wildman–Crippen LogP) is 1.99. The third-order valence-corrected chi connectivity index (χ3v) is 9.34. The Hall–Kier alpha value is -3.17. The van der Waals surface area contributed by atoms with E-state index in [1.807, 2.05) is 33.3 Å². The van der Waals surface area contributed by atoms with Crippen LogP contribution < -0.4 is 10.2 Å². The summed E-state index contributed by atoms with van der Waals surface area (Å²) in [5.41, 5.74) is 0.961. The fourth-order valence-electron chi connectivity index (χ4n) is 3.91. The maximum Gasteiger partial charge on any atom is 0.280 e. The lowest BCUT2D eigenvalue weighted by Crippen LogP contribution is -2.28. The van der Waals surface area contributed by atoms with Gasteiger partial charge in [-0.1, -0.05) is 28.6 Å². The van der Waals surface area contributed by atoms with Gasteiger partial charge in [0, 0.05) is 45.3 Å². The summed E-state index contributed by atoms with van der Waals surface area (Å²) in [7, 11) is 2.45. The second-order valence-electron chi connectivity index (χ2n) is 9.60. The van der Waals surface area contributed by atoms with Crippen molar-refractivity contribution in [1.82, 2.24) is 14.9 Å². The molecule has 1 aliphatic heterocycles. The van der Waals surface area contributed by atoms with Crippen LogP contribution in [0.3, 0.4) is 0 Å². The number of ether oxygens (including phenoxy) is 1. The van der Waals surface area contributed by atoms with Crippen molar-refractivity contribution in [1.29, 1.82) is 0 Å². The molecular weight excluding hydrogens is 556 g/mol. The Bertz CT molecular complexity index is 1440. The number of carbonyl (C=O) groups excluding carboxylic acids is 1. The Morgan fingerprint density at radius 3 is 2.62 bits per heavy atom. The highest BCUT2D eigenvalue weighted by Crippen LogP contribution is 2.27. The molecule has 2 aromatic heterocycles. The summed E-state index contributed by atoms with van der Waals surface area (Å²) >= 11 is 1.23. The van der Waals surface area contributed by atoms with Crippen molar-refractivity contribution in [3.8, 4) is 0 Å². The normalized spacial score (nSPS) is 16.0. The highest BCUT2D eigenvalue weighted by Gasteiger charge is 2.31. The van der Waals surface area contributed by atoms with Crippen molar-refractivity contribution in [2.75, 3.05) is 70.9 Å². The minimum atomic E-state index is -3.55. The molecule has 0 saturated carbocycles. The SMILES string of the molecule is CN(C)CCN(C)c1ccc2nc(NC(=O)/C(=N/OCCCO)c3ccc(S(=O)(=O)[C@H]4CCOC4)cc3)sc2n1. The number of hydrogen-bond acceptors (Lipinski definition) is 12. The Balaban J connectivity index is 1.53. The van der Waals surface area contributed by atoms with Crippen LogP contribution in [0, 0.1) is 0 Å². The van der Waals surface area contributed by atoms with Crippen molar-refractivity contribution in [2.45, 2.75) is 23.0 Å². The molecule has 14 heteroatoms. The maximum atomic E-state index is 13.3. The van der Waals surface area contributed by atoms with E-state index in [-0.39, 0.29) is 30.4 Å². The molecule has 216 valence electrons. The number of aliphatic hydroxyl groups excluding tert-OH is 1. The van der Waals surface area contributed by atoms with E-state index in [0.717, 1.165) is 18.9 Å². The Kier molecular flexibility index (Phi) is 10.0. The summed E-state index contributed by atoms with van der Waals surface area (Å²) in [6, 6.07) is 9.69. The van der Waals surface area contributed by atoms with Gasteiger partial charge in [0.2, 0.25) is 0 Å². The first-order valence-corrected chi connectivity index (χ1v) is 15.2. The number of anilines is 2. The molecule has 0 unspecified atom stereocenters. The van der Waals surface area contributed by atoms with E-state index < -0.39 is 21.0 Å². The van der Waals surface area contributed by atoms with E-state index in [1.165, 1.54) is 35.6 Å². The lowest BCUT2D eigenvalue weighted by atomic mass is 10.1. The van der Waals surface area contributed by atoms with Crippen LogP contribution in [0.25, 0.3) is 10.3 Å². The van der Waals surface area contributed by atoms with Gasteiger partial charge >= 0.3 is 0 Å². The third kappa shape index (κ3) is 7.31. The number of fused-ring (bicyclic) bond motifs is 1. The van der Waals surface area contributed by atoms with Gasteiger partial charge in [-0.3, -0.25) is 10.1 Å². The second-order valence-corrected chi connectivity index (χ2v) is 12.8. The molecule has 3 heterocycles. The monoisotopic (exact) mass is 590 g/mol. The minimum absolute atomic E-state index is 0.0533. The van der Waals surface area contributed by atoms with Gasteiger partial charge in [-0.2, -0.15) is 0 Å². The van der Waals surface area contributed by atoms with Crippen molar-refractivity contribution in [3.63, 3.8) is 0 Å². The number of carbonyl (C=O) groups is 1. The largest absolute Gasteiger partial charge is 0.396 e. The van der Waals surface area contributed by atoms with Gasteiger partial charge in [-0.05, 0) is 44.8 Å². The second kappa shape index (κ2) is 13.5. The van der Waals surface area contributed by atoms with Crippen molar-refractivity contribution >= 4 is 54.1 Å². The zero-order chi connectivity index (χ0) is 28.7. The molecule has 1 amide bonds. The van der Waals surface area contributed by atoms with E-state index in [0.29, 0.717) is 40.5 Å². The molecule has 0 bridgehead atoms. The maximum absolute atomic E-state index is 13.3. The summed E-state index contributed by atoms with van der Waals surface area (Å²) in [6.45, 7) is 2.29. The van der Waals surface area contributed by atoms with Gasteiger partial charge in [0.15, 0.2) is 20.7 Å². The number of hydrogen-bond donors (Lipinski definition) is 2. The zero-order valence-corrected chi connectivity index (χ0v) is 24.4. The number of aliphatic hydroxyl groups is 1. The molecule has 0 aliphatic carbocycles. The number of pyridine rings is 1. The van der Waals surface area contributed by atoms with Gasteiger partial charge in [0.1, 0.15) is 22.8 Å². The molecule has 1 aromatic carbocycles. The van der Waals surface area contributed by atoms with Gasteiger partial charge < -0.3 is 24.5 Å². The van der Waals surface area contributed by atoms with E-state index >= 15 is 0 Å². The average Bonchev–Trinajstić information content (AvgIpc) is 3.62. The summed E-state index contributed by atoms with van der Waals surface area (Å²) in [4.78, 5) is 32.7. The molecule has 1 atom stereocenters. The fraction of sp³-hybridized carbons (Fsp3) is 0.462. The number of likely N-dealkylation sites (N-methyl/N-ethyl adjacent to an activating group) is 2. The zero-order valence-electron chi connectivity index (χ0n) is 22.7. The van der Waals surface area contributed by atoms with Crippen LogP contribution in [0.5, 0.6) is 0 Å². The predicted molar refractivity (Wildman–Crippen MR) is 155 cm³/mol. The minimum Gasteiger partial charge on any atom is -0.396 e. The van der Waals surface area contributed by atoms with Crippen LogP contribution in [0.2, 0.25) is 0 Å². The van der Waals surface area contributed by atoms with Gasteiger partial charge in [-0.25, -0.2) is 18.4 Å². The number of amides is 1. The van der Waals surface area contributed by atoms with E-state index in [2.05, 4.69) is 30.2 Å². The molecule has 0 radical (unpaired) electrons. The third-order valence-electron chi connectivity index (χ3n) is 6.28. The lowest BCUT2D eigenvalue weighted by Gasteiger charge is -2.20. The first-order chi connectivity index (χ1) is 19.2. The fourth-order valence-corrected chi connectivity index (χ4v) is 6.32. The highest BCUT2D eigenvalue weighted by molar-refractivity contribution is 7.92. The summed E-state index contributed by atoms with van der Waals surface area (Å²) in [5.74, 6) is 0.223. The van der Waals surface area contributed by atoms with Gasteiger partial charge in [0.05, 0.1) is 16.8 Å². The van der Waals surface area contributed by atoms with Crippen molar-refractivity contribution in [2.24, 2.45) is 5.16 Å².